The molecule has 1 aliphatic rings. The fraction of sp³-hybridized carbons (Fsp3) is 0.909. The van der Waals surface area contributed by atoms with Gasteiger partial charge >= 0.3 is 5.97 Å². The lowest BCUT2D eigenvalue weighted by Gasteiger charge is -2.47. The summed E-state index contributed by atoms with van der Waals surface area (Å²) in [7, 11) is 0. The van der Waals surface area contributed by atoms with E-state index in [0.717, 1.165) is 0 Å². The minimum atomic E-state index is -0.944. The van der Waals surface area contributed by atoms with E-state index in [1.165, 1.54) is 0 Å². The van der Waals surface area contributed by atoms with Crippen molar-refractivity contribution < 1.29 is 19.4 Å². The molecule has 1 saturated heterocycles. The number of carbonyl (C=O) groups is 1. The van der Waals surface area contributed by atoms with E-state index in [4.69, 9.17) is 20.1 Å². The molecule has 1 N–H and O–H groups in total. The van der Waals surface area contributed by atoms with Crippen molar-refractivity contribution in [3.63, 3.8) is 0 Å². The zero-order valence-electron chi connectivity index (χ0n) is 10.9. The molecule has 1 fully saturated rings. The first-order valence-corrected chi connectivity index (χ1v) is 6.02. The minimum absolute atomic E-state index is 0.143. The molecule has 102 valence electrons. The minimum Gasteiger partial charge on any atom is -0.481 e. The van der Waals surface area contributed by atoms with Crippen LogP contribution in [0.4, 0.5) is 0 Å². The topological polar surface area (TPSA) is 105 Å². The molecule has 1 rings (SSSR count). The van der Waals surface area contributed by atoms with Gasteiger partial charge in [0, 0.05) is 11.3 Å². The molecule has 7 heteroatoms. The molecular formula is C11H19N3O4. The normalized spacial score (nSPS) is 30.5. The molecule has 1 heterocycles. The van der Waals surface area contributed by atoms with Crippen molar-refractivity contribution in [3.05, 3.63) is 10.4 Å². The van der Waals surface area contributed by atoms with E-state index in [1.807, 2.05) is 13.8 Å². The second kappa shape index (κ2) is 5.56. The maximum Gasteiger partial charge on any atom is 0.306 e. The fourth-order valence-electron chi connectivity index (χ4n) is 2.28. The summed E-state index contributed by atoms with van der Waals surface area (Å²) >= 11 is 0. The third-order valence-corrected chi connectivity index (χ3v) is 3.17. The van der Waals surface area contributed by atoms with Gasteiger partial charge in [0.15, 0.2) is 5.79 Å². The molecule has 0 radical (unpaired) electrons. The van der Waals surface area contributed by atoms with Gasteiger partial charge in [0.1, 0.15) is 6.23 Å². The van der Waals surface area contributed by atoms with Crippen LogP contribution < -0.4 is 0 Å². The molecule has 0 spiro atoms. The van der Waals surface area contributed by atoms with Crippen LogP contribution >= 0.6 is 0 Å². The van der Waals surface area contributed by atoms with Crippen molar-refractivity contribution in [2.45, 2.75) is 64.1 Å². The first-order chi connectivity index (χ1) is 8.38. The predicted octanol–water partition coefficient (Wildman–Crippen LogP) is 2.81. The summed E-state index contributed by atoms with van der Waals surface area (Å²) in [5, 5.41) is 12.5. The van der Waals surface area contributed by atoms with Gasteiger partial charge in [-0.05, 0) is 25.3 Å². The van der Waals surface area contributed by atoms with E-state index >= 15 is 0 Å². The third-order valence-electron chi connectivity index (χ3n) is 3.17. The molecule has 1 aliphatic heterocycles. The van der Waals surface area contributed by atoms with E-state index in [2.05, 4.69) is 10.0 Å². The number of carboxylic acids is 1. The number of hydrogen-bond donors (Lipinski definition) is 1. The van der Waals surface area contributed by atoms with Crippen LogP contribution in [-0.4, -0.2) is 28.7 Å². The number of azide groups is 1. The molecule has 2 atom stereocenters. The molecule has 2 unspecified atom stereocenters. The first-order valence-electron chi connectivity index (χ1n) is 6.02. The Kier molecular flexibility index (Phi) is 4.56. The van der Waals surface area contributed by atoms with E-state index < -0.39 is 23.6 Å². The van der Waals surface area contributed by atoms with Crippen LogP contribution in [0.2, 0.25) is 0 Å². The lowest BCUT2D eigenvalue weighted by molar-refractivity contribution is -0.347. The number of aliphatic carboxylic acids is 1. The molecule has 0 saturated carbocycles. The van der Waals surface area contributed by atoms with Crippen molar-refractivity contribution in [2.75, 3.05) is 0 Å². The molecule has 0 bridgehead atoms. The molecule has 0 aromatic carbocycles. The van der Waals surface area contributed by atoms with Crippen LogP contribution in [-0.2, 0) is 14.3 Å². The van der Waals surface area contributed by atoms with Crippen molar-refractivity contribution in [3.8, 4) is 0 Å². The Balaban J connectivity index is 2.99. The molecule has 18 heavy (non-hydrogen) atoms. The quantitative estimate of drug-likeness (QED) is 0.464. The molecule has 0 aliphatic carbocycles. The van der Waals surface area contributed by atoms with Crippen LogP contribution in [0.1, 0.15) is 46.5 Å². The van der Waals surface area contributed by atoms with Crippen LogP contribution in [0.5, 0.6) is 0 Å². The zero-order valence-corrected chi connectivity index (χ0v) is 10.9. The Morgan fingerprint density at radius 1 is 1.56 bits per heavy atom. The number of hydrogen-bond acceptors (Lipinski definition) is 4. The molecular weight excluding hydrogens is 238 g/mol. The average molecular weight is 257 g/mol. The Morgan fingerprint density at radius 3 is 2.61 bits per heavy atom. The SMILES string of the molecule is CCC1(CC)OC(N=[N+]=[N-])CC(C)(CC(=O)O)O1. The van der Waals surface area contributed by atoms with Gasteiger partial charge in [0.05, 0.1) is 12.0 Å². The molecule has 0 amide bonds. The van der Waals surface area contributed by atoms with Gasteiger partial charge in [-0.2, -0.15) is 0 Å². The van der Waals surface area contributed by atoms with Gasteiger partial charge in [0.25, 0.3) is 0 Å². The monoisotopic (exact) mass is 257 g/mol. The van der Waals surface area contributed by atoms with Crippen LogP contribution in [0, 0.1) is 0 Å². The standard InChI is InChI=1S/C11H19N3O4/c1-4-11(5-2)17-8(13-14-12)6-10(3,18-11)7-9(15)16/h8H,4-7H2,1-3H3,(H,15,16). The Morgan fingerprint density at radius 2 is 2.17 bits per heavy atom. The zero-order chi connectivity index (χ0) is 13.8. The van der Waals surface area contributed by atoms with Gasteiger partial charge in [-0.25, -0.2) is 0 Å². The van der Waals surface area contributed by atoms with Crippen LogP contribution in [0.15, 0.2) is 5.11 Å². The number of ether oxygens (including phenoxy) is 2. The predicted molar refractivity (Wildman–Crippen MR) is 63.7 cm³/mol. The summed E-state index contributed by atoms with van der Waals surface area (Å²) in [6.07, 6.45) is 0.542. The van der Waals surface area contributed by atoms with Crippen molar-refractivity contribution in [1.82, 2.24) is 0 Å². The Labute approximate surface area is 106 Å². The average Bonchev–Trinajstić information content (AvgIpc) is 2.27. The summed E-state index contributed by atoms with van der Waals surface area (Å²) in [6, 6.07) is 0. The van der Waals surface area contributed by atoms with Crippen LogP contribution in [0.3, 0.4) is 0 Å². The number of carboxylic acid groups (broad SMARTS) is 1. The van der Waals surface area contributed by atoms with E-state index in [0.29, 0.717) is 12.8 Å². The number of nitrogens with zero attached hydrogens (tertiary/aromatic N) is 3. The Hall–Kier alpha value is -1.30. The summed E-state index contributed by atoms with van der Waals surface area (Å²) < 4.78 is 11.5. The van der Waals surface area contributed by atoms with E-state index in [1.54, 1.807) is 6.92 Å². The third kappa shape index (κ3) is 3.35. The van der Waals surface area contributed by atoms with E-state index in [9.17, 15) is 4.79 Å². The summed E-state index contributed by atoms with van der Waals surface area (Å²) in [6.45, 7) is 5.50. The fourth-order valence-corrected chi connectivity index (χ4v) is 2.28. The lowest BCUT2D eigenvalue weighted by atomic mass is 9.93. The Bertz CT molecular complexity index is 363. The summed E-state index contributed by atoms with van der Waals surface area (Å²) in [5.74, 6) is -1.82. The second-order valence-corrected chi connectivity index (χ2v) is 4.72. The highest BCUT2D eigenvalue weighted by molar-refractivity contribution is 5.68. The molecule has 7 nitrogen and oxygen atoms in total. The van der Waals surface area contributed by atoms with Crippen LogP contribution in [0.25, 0.3) is 10.4 Å². The van der Waals surface area contributed by atoms with Gasteiger partial charge in [0.2, 0.25) is 0 Å². The van der Waals surface area contributed by atoms with Gasteiger partial charge in [-0.15, -0.1) is 0 Å². The van der Waals surface area contributed by atoms with Gasteiger partial charge in [-0.3, -0.25) is 4.79 Å². The smallest absolute Gasteiger partial charge is 0.306 e. The lowest BCUT2D eigenvalue weighted by Crippen LogP contribution is -2.53. The van der Waals surface area contributed by atoms with Gasteiger partial charge < -0.3 is 14.6 Å². The summed E-state index contributed by atoms with van der Waals surface area (Å²) in [5.41, 5.74) is 7.63. The summed E-state index contributed by atoms with van der Waals surface area (Å²) in [4.78, 5) is 13.6. The van der Waals surface area contributed by atoms with Crippen molar-refractivity contribution >= 4 is 5.97 Å². The van der Waals surface area contributed by atoms with Crippen molar-refractivity contribution in [2.24, 2.45) is 5.11 Å². The van der Waals surface area contributed by atoms with E-state index in [-0.39, 0.29) is 12.8 Å². The van der Waals surface area contributed by atoms with Crippen molar-refractivity contribution in [1.29, 1.82) is 0 Å². The van der Waals surface area contributed by atoms with Gasteiger partial charge in [-0.1, -0.05) is 19.0 Å². The second-order valence-electron chi connectivity index (χ2n) is 4.72. The maximum atomic E-state index is 10.9. The highest BCUT2D eigenvalue weighted by Crippen LogP contribution is 2.40. The highest BCUT2D eigenvalue weighted by Gasteiger charge is 2.47. The molecule has 0 aromatic heterocycles. The largest absolute Gasteiger partial charge is 0.481 e. The first kappa shape index (κ1) is 14.8. The number of rotatable bonds is 5. The maximum absolute atomic E-state index is 10.9. The highest BCUT2D eigenvalue weighted by atomic mass is 16.7. The molecule has 0 aromatic rings.